The summed E-state index contributed by atoms with van der Waals surface area (Å²) in [5.41, 5.74) is 1.43. The number of halogens is 1. The standard InChI is InChI=1S/C12H16BrN/c1-2-9-7-8-14-12(9)10-3-5-11(13)6-4-10/h3-6,9,12,14H,2,7-8H2,1H3. The van der Waals surface area contributed by atoms with Crippen LogP contribution in [0.15, 0.2) is 28.7 Å². The summed E-state index contributed by atoms with van der Waals surface area (Å²) in [5.74, 6) is 0.816. The van der Waals surface area contributed by atoms with E-state index in [1.54, 1.807) is 0 Å². The summed E-state index contributed by atoms with van der Waals surface area (Å²) in [4.78, 5) is 0. The van der Waals surface area contributed by atoms with Crippen molar-refractivity contribution in [2.24, 2.45) is 5.92 Å². The lowest BCUT2D eigenvalue weighted by molar-refractivity contribution is 0.449. The zero-order chi connectivity index (χ0) is 9.97. The first-order chi connectivity index (χ1) is 6.81. The predicted octanol–water partition coefficient (Wildman–Crippen LogP) is 3.51. The van der Waals surface area contributed by atoms with Crippen molar-refractivity contribution in [3.63, 3.8) is 0 Å². The van der Waals surface area contributed by atoms with Gasteiger partial charge in [-0.3, -0.25) is 0 Å². The van der Waals surface area contributed by atoms with Gasteiger partial charge in [0.1, 0.15) is 0 Å². The largest absolute Gasteiger partial charge is 0.310 e. The van der Waals surface area contributed by atoms with Gasteiger partial charge in [-0.1, -0.05) is 41.4 Å². The number of benzene rings is 1. The summed E-state index contributed by atoms with van der Waals surface area (Å²) in [6.07, 6.45) is 2.59. The topological polar surface area (TPSA) is 12.0 Å². The minimum absolute atomic E-state index is 0.577. The molecule has 0 saturated carbocycles. The Bertz CT molecular complexity index is 294. The van der Waals surface area contributed by atoms with E-state index >= 15 is 0 Å². The lowest BCUT2D eigenvalue weighted by Crippen LogP contribution is -2.17. The molecule has 0 aliphatic carbocycles. The third-order valence-electron chi connectivity index (χ3n) is 3.10. The van der Waals surface area contributed by atoms with Gasteiger partial charge >= 0.3 is 0 Å². The quantitative estimate of drug-likeness (QED) is 0.851. The Morgan fingerprint density at radius 2 is 2.07 bits per heavy atom. The second-order valence-corrected chi connectivity index (χ2v) is 4.86. The van der Waals surface area contributed by atoms with Gasteiger partial charge in [-0.25, -0.2) is 0 Å². The van der Waals surface area contributed by atoms with Crippen molar-refractivity contribution in [1.82, 2.24) is 5.32 Å². The first kappa shape index (κ1) is 10.2. The van der Waals surface area contributed by atoms with Crippen LogP contribution in [0.3, 0.4) is 0 Å². The third-order valence-corrected chi connectivity index (χ3v) is 3.63. The number of hydrogen-bond donors (Lipinski definition) is 1. The van der Waals surface area contributed by atoms with Crippen LogP contribution in [0.4, 0.5) is 0 Å². The molecule has 1 aromatic rings. The predicted molar refractivity (Wildman–Crippen MR) is 63.3 cm³/mol. The highest BCUT2D eigenvalue weighted by Crippen LogP contribution is 2.32. The molecule has 2 heteroatoms. The summed E-state index contributed by atoms with van der Waals surface area (Å²) < 4.78 is 1.16. The van der Waals surface area contributed by atoms with Gasteiger partial charge in [-0.15, -0.1) is 0 Å². The maximum atomic E-state index is 3.58. The monoisotopic (exact) mass is 253 g/mol. The van der Waals surface area contributed by atoms with E-state index in [1.807, 2.05) is 0 Å². The Morgan fingerprint density at radius 1 is 1.36 bits per heavy atom. The normalized spacial score (nSPS) is 26.7. The molecular weight excluding hydrogens is 238 g/mol. The van der Waals surface area contributed by atoms with Gasteiger partial charge in [0.05, 0.1) is 0 Å². The van der Waals surface area contributed by atoms with E-state index < -0.39 is 0 Å². The maximum Gasteiger partial charge on any atom is 0.0349 e. The van der Waals surface area contributed by atoms with Crippen LogP contribution in [0.1, 0.15) is 31.4 Å². The molecule has 1 fully saturated rings. The summed E-state index contributed by atoms with van der Waals surface area (Å²) in [7, 11) is 0. The second-order valence-electron chi connectivity index (χ2n) is 3.94. The maximum absolute atomic E-state index is 3.58. The van der Waals surface area contributed by atoms with Gasteiger partial charge in [0, 0.05) is 10.5 Å². The fraction of sp³-hybridized carbons (Fsp3) is 0.500. The second kappa shape index (κ2) is 4.45. The molecule has 2 atom stereocenters. The molecule has 1 N–H and O–H groups in total. The molecule has 0 bridgehead atoms. The molecule has 1 aromatic carbocycles. The number of nitrogens with one attached hydrogen (secondary N) is 1. The van der Waals surface area contributed by atoms with Crippen molar-refractivity contribution in [2.75, 3.05) is 6.54 Å². The average Bonchev–Trinajstić information content (AvgIpc) is 2.67. The van der Waals surface area contributed by atoms with E-state index in [-0.39, 0.29) is 0 Å². The molecule has 1 aliphatic heterocycles. The summed E-state index contributed by atoms with van der Waals surface area (Å²) >= 11 is 3.47. The van der Waals surface area contributed by atoms with Gasteiger partial charge in [-0.2, -0.15) is 0 Å². The minimum atomic E-state index is 0.577. The fourth-order valence-corrected chi connectivity index (χ4v) is 2.52. The zero-order valence-corrected chi connectivity index (χ0v) is 10.0. The van der Waals surface area contributed by atoms with Gasteiger partial charge in [-0.05, 0) is 36.6 Å². The molecule has 1 saturated heterocycles. The van der Waals surface area contributed by atoms with Crippen LogP contribution in [-0.4, -0.2) is 6.54 Å². The summed E-state index contributed by atoms with van der Waals surface area (Å²) in [6.45, 7) is 3.45. The molecule has 2 unspecified atom stereocenters. The highest BCUT2D eigenvalue weighted by atomic mass is 79.9. The van der Waals surface area contributed by atoms with Crippen molar-refractivity contribution in [2.45, 2.75) is 25.8 Å². The van der Waals surface area contributed by atoms with Crippen LogP contribution >= 0.6 is 15.9 Å². The summed E-state index contributed by atoms with van der Waals surface area (Å²) in [6, 6.07) is 9.27. The van der Waals surface area contributed by atoms with Crippen LogP contribution in [-0.2, 0) is 0 Å². The fourth-order valence-electron chi connectivity index (χ4n) is 2.26. The highest BCUT2D eigenvalue weighted by molar-refractivity contribution is 9.10. The Labute approximate surface area is 94.0 Å². The smallest absolute Gasteiger partial charge is 0.0349 e. The molecule has 14 heavy (non-hydrogen) atoms. The average molecular weight is 254 g/mol. The third kappa shape index (κ3) is 2.01. The Balaban J connectivity index is 2.17. The van der Waals surface area contributed by atoms with Gasteiger partial charge < -0.3 is 5.32 Å². The first-order valence-electron chi connectivity index (χ1n) is 5.30. The summed E-state index contributed by atoms with van der Waals surface area (Å²) in [5, 5.41) is 3.58. The van der Waals surface area contributed by atoms with Crippen LogP contribution in [0.2, 0.25) is 0 Å². The van der Waals surface area contributed by atoms with Crippen LogP contribution in [0, 0.1) is 5.92 Å². The Hall–Kier alpha value is -0.340. The minimum Gasteiger partial charge on any atom is -0.310 e. The van der Waals surface area contributed by atoms with E-state index in [9.17, 15) is 0 Å². The van der Waals surface area contributed by atoms with Gasteiger partial charge in [0.15, 0.2) is 0 Å². The molecule has 0 aromatic heterocycles. The number of hydrogen-bond acceptors (Lipinski definition) is 1. The first-order valence-corrected chi connectivity index (χ1v) is 6.09. The molecule has 1 heterocycles. The van der Waals surface area contributed by atoms with Crippen LogP contribution in [0.25, 0.3) is 0 Å². The Kier molecular flexibility index (Phi) is 3.24. The van der Waals surface area contributed by atoms with Crippen LogP contribution in [0.5, 0.6) is 0 Å². The molecule has 0 spiro atoms. The molecule has 1 aliphatic rings. The van der Waals surface area contributed by atoms with Crippen molar-refractivity contribution in [3.8, 4) is 0 Å². The van der Waals surface area contributed by atoms with E-state index in [2.05, 4.69) is 52.4 Å². The molecule has 0 radical (unpaired) electrons. The van der Waals surface area contributed by atoms with E-state index in [0.29, 0.717) is 6.04 Å². The van der Waals surface area contributed by atoms with E-state index in [0.717, 1.165) is 10.4 Å². The molecule has 1 nitrogen and oxygen atoms in total. The van der Waals surface area contributed by atoms with Crippen molar-refractivity contribution in [3.05, 3.63) is 34.3 Å². The number of rotatable bonds is 2. The Morgan fingerprint density at radius 3 is 2.71 bits per heavy atom. The van der Waals surface area contributed by atoms with Gasteiger partial charge in [0.2, 0.25) is 0 Å². The zero-order valence-electron chi connectivity index (χ0n) is 8.46. The SMILES string of the molecule is CCC1CCNC1c1ccc(Br)cc1. The van der Waals surface area contributed by atoms with E-state index in [4.69, 9.17) is 0 Å². The molecular formula is C12H16BrN. The van der Waals surface area contributed by atoms with Crippen LogP contribution < -0.4 is 5.32 Å². The molecule has 0 amide bonds. The molecule has 2 rings (SSSR count). The van der Waals surface area contributed by atoms with Crippen molar-refractivity contribution in [1.29, 1.82) is 0 Å². The lowest BCUT2D eigenvalue weighted by Gasteiger charge is -2.18. The van der Waals surface area contributed by atoms with Crippen molar-refractivity contribution < 1.29 is 0 Å². The molecule has 76 valence electrons. The van der Waals surface area contributed by atoms with Crippen molar-refractivity contribution >= 4 is 15.9 Å². The van der Waals surface area contributed by atoms with E-state index in [1.165, 1.54) is 24.9 Å². The lowest BCUT2D eigenvalue weighted by atomic mass is 9.92. The highest BCUT2D eigenvalue weighted by Gasteiger charge is 2.26. The van der Waals surface area contributed by atoms with Gasteiger partial charge in [0.25, 0.3) is 0 Å².